The van der Waals surface area contributed by atoms with Crippen molar-refractivity contribution in [1.29, 1.82) is 0 Å². The summed E-state index contributed by atoms with van der Waals surface area (Å²) >= 11 is 0. The van der Waals surface area contributed by atoms with Crippen LogP contribution in [0.4, 0.5) is 0 Å². The number of ether oxygens (including phenoxy) is 1. The predicted molar refractivity (Wildman–Crippen MR) is 97.6 cm³/mol. The van der Waals surface area contributed by atoms with E-state index in [0.717, 1.165) is 50.1 Å². The Morgan fingerprint density at radius 3 is 3.00 bits per heavy atom. The van der Waals surface area contributed by atoms with E-state index in [-0.39, 0.29) is 12.2 Å². The molecule has 5 N–H and O–H groups in total. The SMILES string of the molecule is C[C@H](ON)[C@H]1CCc2cc(C(N)=NC3CC4(CCNC4)C3)ccc2O1. The maximum absolute atomic E-state index is 6.28. The Balaban J connectivity index is 1.43. The molecule has 0 radical (unpaired) electrons. The molecule has 1 aliphatic carbocycles. The number of aliphatic imine (C=N–C) groups is 1. The first-order valence-electron chi connectivity index (χ1n) is 9.28. The zero-order chi connectivity index (χ0) is 17.4. The summed E-state index contributed by atoms with van der Waals surface area (Å²) in [6, 6.07) is 6.48. The van der Waals surface area contributed by atoms with Gasteiger partial charge in [-0.2, -0.15) is 0 Å². The molecule has 4 rings (SSSR count). The van der Waals surface area contributed by atoms with Crippen LogP contribution in [-0.4, -0.2) is 37.2 Å². The fourth-order valence-electron chi connectivity index (χ4n) is 4.43. The molecule has 1 saturated heterocycles. The van der Waals surface area contributed by atoms with Crippen LogP contribution in [0.1, 0.15) is 43.7 Å². The van der Waals surface area contributed by atoms with Gasteiger partial charge in [-0.05, 0) is 74.8 Å². The number of fused-ring (bicyclic) bond motifs is 1. The summed E-state index contributed by atoms with van der Waals surface area (Å²) in [6.45, 7) is 4.21. The molecule has 2 heterocycles. The lowest BCUT2D eigenvalue weighted by atomic mass is 9.65. The lowest BCUT2D eigenvalue weighted by molar-refractivity contribution is -0.0238. The molecule has 0 aromatic heterocycles. The van der Waals surface area contributed by atoms with Crippen molar-refractivity contribution >= 4 is 5.84 Å². The maximum Gasteiger partial charge on any atom is 0.127 e. The molecule has 0 amide bonds. The van der Waals surface area contributed by atoms with Gasteiger partial charge in [0.25, 0.3) is 0 Å². The Bertz CT molecular complexity index is 661. The van der Waals surface area contributed by atoms with Crippen LogP contribution in [0.5, 0.6) is 5.75 Å². The van der Waals surface area contributed by atoms with Gasteiger partial charge in [0.15, 0.2) is 0 Å². The van der Waals surface area contributed by atoms with E-state index in [1.807, 2.05) is 19.1 Å². The topological polar surface area (TPSA) is 94.9 Å². The van der Waals surface area contributed by atoms with E-state index in [1.165, 1.54) is 12.0 Å². The highest BCUT2D eigenvalue weighted by molar-refractivity contribution is 5.98. The number of amidine groups is 1. The summed E-state index contributed by atoms with van der Waals surface area (Å²) in [6.07, 6.45) is 5.31. The quantitative estimate of drug-likeness (QED) is 0.437. The van der Waals surface area contributed by atoms with Gasteiger partial charge >= 0.3 is 0 Å². The number of rotatable bonds is 4. The van der Waals surface area contributed by atoms with Crippen molar-refractivity contribution in [1.82, 2.24) is 5.32 Å². The van der Waals surface area contributed by atoms with E-state index in [4.69, 9.17) is 26.2 Å². The fourth-order valence-corrected chi connectivity index (χ4v) is 4.43. The van der Waals surface area contributed by atoms with Gasteiger partial charge in [-0.3, -0.25) is 9.83 Å². The molecule has 1 saturated carbocycles. The monoisotopic (exact) mass is 344 g/mol. The van der Waals surface area contributed by atoms with Crippen molar-refractivity contribution < 1.29 is 9.57 Å². The van der Waals surface area contributed by atoms with Crippen LogP contribution < -0.4 is 21.7 Å². The smallest absolute Gasteiger partial charge is 0.127 e. The Kier molecular flexibility index (Phi) is 4.43. The molecule has 2 aliphatic heterocycles. The summed E-state index contributed by atoms with van der Waals surface area (Å²) in [5.41, 5.74) is 8.95. The number of aryl methyl sites for hydroxylation is 1. The third-order valence-electron chi connectivity index (χ3n) is 6.06. The number of nitrogens with zero attached hydrogens (tertiary/aromatic N) is 1. The van der Waals surface area contributed by atoms with Gasteiger partial charge in [0.1, 0.15) is 23.8 Å². The highest BCUT2D eigenvalue weighted by atomic mass is 16.6. The summed E-state index contributed by atoms with van der Waals surface area (Å²) in [7, 11) is 0. The molecule has 6 nitrogen and oxygen atoms in total. The van der Waals surface area contributed by atoms with Crippen molar-refractivity contribution in [2.24, 2.45) is 22.0 Å². The zero-order valence-corrected chi connectivity index (χ0v) is 14.8. The average molecular weight is 344 g/mol. The highest BCUT2D eigenvalue weighted by Gasteiger charge is 2.45. The second-order valence-electron chi connectivity index (χ2n) is 7.86. The first-order valence-corrected chi connectivity index (χ1v) is 9.28. The van der Waals surface area contributed by atoms with Gasteiger partial charge in [-0.1, -0.05) is 0 Å². The van der Waals surface area contributed by atoms with Gasteiger partial charge in [-0.25, -0.2) is 5.90 Å². The van der Waals surface area contributed by atoms with E-state index < -0.39 is 0 Å². The lowest BCUT2D eigenvalue weighted by Crippen LogP contribution is -2.42. The Morgan fingerprint density at radius 2 is 2.28 bits per heavy atom. The molecular weight excluding hydrogens is 316 g/mol. The van der Waals surface area contributed by atoms with E-state index >= 15 is 0 Å². The molecule has 6 heteroatoms. The van der Waals surface area contributed by atoms with E-state index in [2.05, 4.69) is 11.4 Å². The number of hydrogen-bond donors (Lipinski definition) is 3. The number of nitrogens with one attached hydrogen (secondary N) is 1. The van der Waals surface area contributed by atoms with Crippen LogP contribution in [0.15, 0.2) is 23.2 Å². The van der Waals surface area contributed by atoms with Crippen molar-refractivity contribution in [3.8, 4) is 5.75 Å². The fraction of sp³-hybridized carbons (Fsp3) is 0.632. The Morgan fingerprint density at radius 1 is 1.44 bits per heavy atom. The van der Waals surface area contributed by atoms with Crippen molar-refractivity contribution in [2.75, 3.05) is 13.1 Å². The minimum absolute atomic E-state index is 0.000510. The maximum atomic E-state index is 6.28. The van der Waals surface area contributed by atoms with Gasteiger partial charge < -0.3 is 15.8 Å². The van der Waals surface area contributed by atoms with Crippen molar-refractivity contribution in [3.05, 3.63) is 29.3 Å². The summed E-state index contributed by atoms with van der Waals surface area (Å²) < 4.78 is 6.00. The zero-order valence-electron chi connectivity index (χ0n) is 14.8. The Labute approximate surface area is 148 Å². The number of nitrogens with two attached hydrogens (primary N) is 2. The van der Waals surface area contributed by atoms with Crippen molar-refractivity contribution in [2.45, 2.75) is 57.3 Å². The molecule has 25 heavy (non-hydrogen) atoms. The van der Waals surface area contributed by atoms with Gasteiger partial charge in [0.2, 0.25) is 0 Å². The normalized spacial score (nSPS) is 32.8. The standard InChI is InChI=1S/C19H28N4O2/c1-12(25-21)16-4-2-13-8-14(3-5-17(13)24-16)18(20)23-15-9-19(10-15)6-7-22-11-19/h3,5,8,12,15-16,22H,2,4,6-7,9-11,21H2,1H3,(H2,20,23)/t12-,15?,16+,19?/m0/s1. The minimum Gasteiger partial charge on any atom is -0.487 e. The number of benzene rings is 1. The van der Waals surface area contributed by atoms with E-state index in [1.54, 1.807) is 0 Å². The minimum atomic E-state index is -0.115. The van der Waals surface area contributed by atoms with Crippen LogP contribution in [0.3, 0.4) is 0 Å². The molecular formula is C19H28N4O2. The second-order valence-corrected chi connectivity index (χ2v) is 7.86. The molecule has 2 fully saturated rings. The lowest BCUT2D eigenvalue weighted by Gasteiger charge is -2.42. The molecule has 0 bridgehead atoms. The third-order valence-corrected chi connectivity index (χ3v) is 6.06. The van der Waals surface area contributed by atoms with Crippen LogP contribution in [0.2, 0.25) is 0 Å². The summed E-state index contributed by atoms with van der Waals surface area (Å²) in [5, 5.41) is 3.46. The molecule has 1 aromatic carbocycles. The largest absolute Gasteiger partial charge is 0.487 e. The van der Waals surface area contributed by atoms with E-state index in [9.17, 15) is 0 Å². The third kappa shape index (κ3) is 3.26. The van der Waals surface area contributed by atoms with Gasteiger partial charge in [0.05, 0.1) is 6.04 Å². The molecule has 2 atom stereocenters. The molecule has 0 unspecified atom stereocenters. The number of hydrogen-bond acceptors (Lipinski definition) is 5. The molecule has 1 aromatic rings. The van der Waals surface area contributed by atoms with Crippen LogP contribution in [0.25, 0.3) is 0 Å². The summed E-state index contributed by atoms with van der Waals surface area (Å²) in [4.78, 5) is 9.67. The van der Waals surface area contributed by atoms with Gasteiger partial charge in [0, 0.05) is 12.1 Å². The second kappa shape index (κ2) is 6.59. The molecule has 3 aliphatic rings. The highest BCUT2D eigenvalue weighted by Crippen LogP contribution is 2.47. The Hall–Kier alpha value is -1.63. The van der Waals surface area contributed by atoms with Crippen LogP contribution in [0, 0.1) is 5.41 Å². The predicted octanol–water partition coefficient (Wildman–Crippen LogP) is 1.51. The average Bonchev–Trinajstić information content (AvgIpc) is 3.09. The van der Waals surface area contributed by atoms with Crippen LogP contribution in [-0.2, 0) is 11.3 Å². The first-order chi connectivity index (χ1) is 12.1. The molecule has 136 valence electrons. The summed E-state index contributed by atoms with van der Waals surface area (Å²) in [5.74, 6) is 6.83. The van der Waals surface area contributed by atoms with Gasteiger partial charge in [-0.15, -0.1) is 0 Å². The molecule has 1 spiro atoms. The van der Waals surface area contributed by atoms with Crippen LogP contribution >= 0.6 is 0 Å². The van der Waals surface area contributed by atoms with Crippen molar-refractivity contribution in [3.63, 3.8) is 0 Å². The first kappa shape index (κ1) is 16.8. The van der Waals surface area contributed by atoms with E-state index in [0.29, 0.717) is 17.3 Å².